The Morgan fingerprint density at radius 1 is 1.24 bits per heavy atom. The molecule has 0 aromatic carbocycles. The van der Waals surface area contributed by atoms with E-state index in [0.717, 1.165) is 30.7 Å². The highest BCUT2D eigenvalue weighted by Crippen LogP contribution is 2.41. The maximum atomic E-state index is 13.2. The monoisotopic (exact) mass is 396 g/mol. The van der Waals surface area contributed by atoms with Crippen molar-refractivity contribution < 1.29 is 14.1 Å². The van der Waals surface area contributed by atoms with Crippen LogP contribution in [-0.4, -0.2) is 39.5 Å². The Morgan fingerprint density at radius 3 is 2.83 bits per heavy atom. The van der Waals surface area contributed by atoms with E-state index >= 15 is 0 Å². The van der Waals surface area contributed by atoms with E-state index in [1.54, 1.807) is 22.5 Å². The Morgan fingerprint density at radius 2 is 2.07 bits per heavy atom. The van der Waals surface area contributed by atoms with Gasteiger partial charge in [-0.1, -0.05) is 11.2 Å². The number of hydrogen-bond acceptors (Lipinski definition) is 5. The summed E-state index contributed by atoms with van der Waals surface area (Å²) in [6.07, 6.45) is 3.04. The lowest BCUT2D eigenvalue weighted by Crippen LogP contribution is -2.54. The van der Waals surface area contributed by atoms with Crippen LogP contribution in [0.1, 0.15) is 61.2 Å². The second kappa shape index (κ2) is 6.86. The third-order valence-electron chi connectivity index (χ3n) is 6.36. The molecule has 8 nitrogen and oxygen atoms in total. The first kappa shape index (κ1) is 18.1. The highest BCUT2D eigenvalue weighted by Gasteiger charge is 2.44. The zero-order valence-corrected chi connectivity index (χ0v) is 16.3. The summed E-state index contributed by atoms with van der Waals surface area (Å²) in [6.45, 7) is 2.89. The van der Waals surface area contributed by atoms with Crippen molar-refractivity contribution in [3.05, 3.63) is 51.8 Å². The number of piperidine rings is 1. The van der Waals surface area contributed by atoms with Gasteiger partial charge in [0.25, 0.3) is 5.56 Å². The first-order valence-electron chi connectivity index (χ1n) is 10.2. The van der Waals surface area contributed by atoms with E-state index in [-0.39, 0.29) is 35.8 Å². The first-order chi connectivity index (χ1) is 14.0. The molecule has 5 rings (SSSR count). The Labute approximate surface area is 167 Å². The van der Waals surface area contributed by atoms with E-state index in [4.69, 9.17) is 4.52 Å². The number of nitrogens with one attached hydrogen (secondary N) is 1. The van der Waals surface area contributed by atoms with Crippen molar-refractivity contribution in [1.82, 2.24) is 19.9 Å². The van der Waals surface area contributed by atoms with Gasteiger partial charge in [0.05, 0.1) is 6.54 Å². The molecule has 1 aliphatic carbocycles. The number of rotatable bonds is 4. The van der Waals surface area contributed by atoms with Gasteiger partial charge in [-0.3, -0.25) is 19.0 Å². The maximum Gasteiger partial charge on any atom is 0.251 e. The van der Waals surface area contributed by atoms with Crippen molar-refractivity contribution in [2.24, 2.45) is 5.92 Å². The second-order valence-corrected chi connectivity index (χ2v) is 8.43. The van der Waals surface area contributed by atoms with E-state index < -0.39 is 6.04 Å². The molecule has 152 valence electrons. The molecule has 2 aromatic rings. The molecule has 2 amide bonds. The number of hydrogen-bond donors (Lipinski definition) is 1. The van der Waals surface area contributed by atoms with E-state index in [2.05, 4.69) is 10.5 Å². The van der Waals surface area contributed by atoms with Gasteiger partial charge in [0.1, 0.15) is 17.5 Å². The van der Waals surface area contributed by atoms with E-state index in [1.165, 1.54) is 6.07 Å². The van der Waals surface area contributed by atoms with Gasteiger partial charge in [-0.25, -0.2) is 0 Å². The predicted molar refractivity (Wildman–Crippen MR) is 103 cm³/mol. The van der Waals surface area contributed by atoms with Gasteiger partial charge in [-0.05, 0) is 25.3 Å². The summed E-state index contributed by atoms with van der Waals surface area (Å²) >= 11 is 0. The highest BCUT2D eigenvalue weighted by molar-refractivity contribution is 5.81. The molecule has 2 bridgehead atoms. The number of fused-ring (bicyclic) bond motifs is 4. The van der Waals surface area contributed by atoms with Gasteiger partial charge in [0, 0.05) is 55.6 Å². The summed E-state index contributed by atoms with van der Waals surface area (Å²) < 4.78 is 6.98. The molecule has 3 aliphatic rings. The summed E-state index contributed by atoms with van der Waals surface area (Å²) in [6, 6.07) is 6.38. The van der Waals surface area contributed by atoms with Gasteiger partial charge in [0.15, 0.2) is 0 Å². The Kier molecular flexibility index (Phi) is 4.29. The molecule has 4 heterocycles. The molecule has 0 unspecified atom stereocenters. The number of aromatic nitrogens is 2. The molecule has 2 aromatic heterocycles. The Balaban J connectivity index is 1.40. The smallest absolute Gasteiger partial charge is 0.251 e. The molecule has 0 spiro atoms. The molecule has 2 aliphatic heterocycles. The second-order valence-electron chi connectivity index (χ2n) is 8.43. The fourth-order valence-electron chi connectivity index (χ4n) is 4.78. The van der Waals surface area contributed by atoms with E-state index in [0.29, 0.717) is 24.7 Å². The topological polar surface area (TPSA) is 97.4 Å². The standard InChI is InChI=1S/C21H24N4O4/c1-12(26)24-10-14-7-15(11-24)20(25-17(14)3-2-4-19(25)27)21(28)22-9-16-8-18(29-23-16)13-5-6-13/h2-4,8,13-15,20H,5-7,9-11H2,1H3,(H,22,28)/t14-,15+,20-/m1/s1. The number of carbonyl (C=O) groups is 2. The van der Waals surface area contributed by atoms with Crippen LogP contribution in [0.2, 0.25) is 0 Å². The maximum absolute atomic E-state index is 13.2. The largest absolute Gasteiger partial charge is 0.361 e. The molecule has 1 N–H and O–H groups in total. The summed E-state index contributed by atoms with van der Waals surface area (Å²) in [5, 5.41) is 6.98. The van der Waals surface area contributed by atoms with E-state index in [9.17, 15) is 14.4 Å². The first-order valence-corrected chi connectivity index (χ1v) is 10.2. The molecule has 2 fully saturated rings. The molecule has 1 saturated carbocycles. The molecule has 29 heavy (non-hydrogen) atoms. The summed E-state index contributed by atoms with van der Waals surface area (Å²) in [5.41, 5.74) is 1.34. The lowest BCUT2D eigenvalue weighted by molar-refractivity contribution is -0.135. The third kappa shape index (κ3) is 3.26. The van der Waals surface area contributed by atoms with E-state index in [1.807, 2.05) is 12.1 Å². The fourth-order valence-corrected chi connectivity index (χ4v) is 4.78. The number of amides is 2. The minimum atomic E-state index is -0.632. The third-order valence-corrected chi connectivity index (χ3v) is 6.36. The van der Waals surface area contributed by atoms with Crippen molar-refractivity contribution in [2.75, 3.05) is 13.1 Å². The van der Waals surface area contributed by atoms with Gasteiger partial charge in [0.2, 0.25) is 11.8 Å². The lowest BCUT2D eigenvalue weighted by Gasteiger charge is -2.46. The van der Waals surface area contributed by atoms with Crippen molar-refractivity contribution in [2.45, 2.75) is 50.6 Å². The van der Waals surface area contributed by atoms with Gasteiger partial charge >= 0.3 is 0 Å². The van der Waals surface area contributed by atoms with Crippen LogP contribution in [0.25, 0.3) is 0 Å². The van der Waals surface area contributed by atoms with Crippen LogP contribution in [0.5, 0.6) is 0 Å². The summed E-state index contributed by atoms with van der Waals surface area (Å²) in [7, 11) is 0. The SMILES string of the molecule is CC(=O)N1C[C@H]2C[C@@H](C1)[C@H](C(=O)NCc1cc(C3CC3)on1)n1c2cccc1=O. The van der Waals surface area contributed by atoms with Crippen molar-refractivity contribution in [3.8, 4) is 0 Å². The number of nitrogens with zero attached hydrogens (tertiary/aromatic N) is 3. The zero-order chi connectivity index (χ0) is 20.1. The average molecular weight is 396 g/mol. The summed E-state index contributed by atoms with van der Waals surface area (Å²) in [5.74, 6) is 1.11. The summed E-state index contributed by atoms with van der Waals surface area (Å²) in [4.78, 5) is 39.6. The lowest BCUT2D eigenvalue weighted by atomic mass is 9.78. The van der Waals surface area contributed by atoms with Crippen LogP contribution < -0.4 is 10.9 Å². The van der Waals surface area contributed by atoms with Gasteiger partial charge in [-0.15, -0.1) is 0 Å². The number of likely N-dealkylation sites (tertiary alicyclic amines) is 1. The number of pyridine rings is 1. The minimum absolute atomic E-state index is 0.000730. The van der Waals surface area contributed by atoms with Crippen molar-refractivity contribution in [1.29, 1.82) is 0 Å². The molecule has 8 heteroatoms. The Hall–Kier alpha value is -2.90. The quantitative estimate of drug-likeness (QED) is 0.845. The van der Waals surface area contributed by atoms with Crippen LogP contribution in [0, 0.1) is 5.92 Å². The van der Waals surface area contributed by atoms with Gasteiger partial charge in [-0.2, -0.15) is 0 Å². The molecule has 3 atom stereocenters. The van der Waals surface area contributed by atoms with Crippen molar-refractivity contribution >= 4 is 11.8 Å². The highest BCUT2D eigenvalue weighted by atomic mass is 16.5. The minimum Gasteiger partial charge on any atom is -0.361 e. The normalized spacial score (nSPS) is 25.4. The van der Waals surface area contributed by atoms with Crippen LogP contribution in [0.15, 0.2) is 33.6 Å². The predicted octanol–water partition coefficient (Wildman–Crippen LogP) is 1.54. The van der Waals surface area contributed by atoms with Crippen molar-refractivity contribution in [3.63, 3.8) is 0 Å². The molecule has 1 saturated heterocycles. The Bertz CT molecular complexity index is 1020. The molecule has 0 radical (unpaired) electrons. The molecular formula is C21H24N4O4. The average Bonchev–Trinajstić information content (AvgIpc) is 3.45. The van der Waals surface area contributed by atoms with Crippen LogP contribution >= 0.6 is 0 Å². The number of carbonyl (C=O) groups excluding carboxylic acids is 2. The van der Waals surface area contributed by atoms with Crippen LogP contribution in [0.4, 0.5) is 0 Å². The zero-order valence-electron chi connectivity index (χ0n) is 16.3. The fraction of sp³-hybridized carbons (Fsp3) is 0.524. The molecular weight excluding hydrogens is 372 g/mol. The van der Waals surface area contributed by atoms with Crippen LogP contribution in [-0.2, 0) is 16.1 Å². The van der Waals surface area contributed by atoms with Crippen LogP contribution in [0.3, 0.4) is 0 Å². The van der Waals surface area contributed by atoms with Gasteiger partial charge < -0.3 is 14.7 Å².